The van der Waals surface area contributed by atoms with E-state index in [9.17, 15) is 14.4 Å². The lowest BCUT2D eigenvalue weighted by Gasteiger charge is -2.31. The van der Waals surface area contributed by atoms with E-state index in [2.05, 4.69) is 0 Å². The number of hydrogen-bond acceptors (Lipinski definition) is 4. The van der Waals surface area contributed by atoms with Gasteiger partial charge in [-0.25, -0.2) is 4.79 Å². The summed E-state index contributed by atoms with van der Waals surface area (Å²) in [7, 11) is 0. The van der Waals surface area contributed by atoms with E-state index in [0.29, 0.717) is 9.15 Å². The zero-order valence-corrected chi connectivity index (χ0v) is 13.8. The maximum absolute atomic E-state index is 12.1. The minimum Gasteiger partial charge on any atom is -0.441 e. The van der Waals surface area contributed by atoms with Gasteiger partial charge in [0.1, 0.15) is 3.58 Å². The van der Waals surface area contributed by atoms with Crippen LogP contribution in [0.3, 0.4) is 0 Å². The monoisotopic (exact) mass is 406 g/mol. The van der Waals surface area contributed by atoms with E-state index in [-0.39, 0.29) is 17.1 Å². The summed E-state index contributed by atoms with van der Waals surface area (Å²) < 4.78 is 5.95. The van der Waals surface area contributed by atoms with Gasteiger partial charge in [-0.1, -0.05) is 30.3 Å². The van der Waals surface area contributed by atoms with Crippen LogP contribution in [0, 0.1) is 0 Å². The van der Waals surface area contributed by atoms with Gasteiger partial charge in [0.25, 0.3) is 0 Å². The number of Topliss-reactive ketones (excluding diaryl/α,β-unsaturated/α-hetero) is 1. The van der Waals surface area contributed by atoms with Crippen molar-refractivity contribution in [1.82, 2.24) is 0 Å². The van der Waals surface area contributed by atoms with E-state index in [0.717, 1.165) is 5.56 Å². The third kappa shape index (κ3) is 2.16. The van der Waals surface area contributed by atoms with Crippen LogP contribution >= 0.6 is 22.6 Å². The Morgan fingerprint density at radius 1 is 1.18 bits per heavy atom. The van der Waals surface area contributed by atoms with Gasteiger partial charge in [-0.2, -0.15) is 0 Å². The quantitative estimate of drug-likeness (QED) is 0.560. The molecule has 0 aromatic heterocycles. The molecule has 1 aromatic rings. The fourth-order valence-corrected chi connectivity index (χ4v) is 3.53. The first-order valence-electron chi connectivity index (χ1n) is 6.61. The maximum Gasteiger partial charge on any atom is 0.346 e. The van der Waals surface area contributed by atoms with Crippen LogP contribution in [0.15, 0.2) is 57.7 Å². The summed E-state index contributed by atoms with van der Waals surface area (Å²) >= 11 is 1.92. The molecule has 1 heterocycles. The molecule has 0 bridgehead atoms. The van der Waals surface area contributed by atoms with E-state index in [1.807, 2.05) is 52.9 Å². The molecule has 0 saturated carbocycles. The molecule has 1 aliphatic heterocycles. The summed E-state index contributed by atoms with van der Waals surface area (Å²) in [5.41, 5.74) is 0.251. The molecular formula is C17H11IO4. The highest BCUT2D eigenvalue weighted by atomic mass is 127. The van der Waals surface area contributed by atoms with E-state index < -0.39 is 11.6 Å². The molecule has 4 nitrogen and oxygen atoms in total. The Bertz CT molecular complexity index is 786. The Balaban J connectivity index is 2.28. The molecule has 5 heteroatoms. The standard InChI is InChI=1S/C17H11IO4/c1-10(19)13-9-12(20)7-8-17(13)14(15(18)16(21)22-17)11-5-3-2-4-6-11/h2-9H,1H3. The number of rotatable bonds is 2. The molecule has 0 N–H and O–H groups in total. The minimum atomic E-state index is -1.31. The zero-order chi connectivity index (χ0) is 15.9. The summed E-state index contributed by atoms with van der Waals surface area (Å²) in [4.78, 5) is 35.8. The van der Waals surface area contributed by atoms with E-state index in [4.69, 9.17) is 4.74 Å². The fraction of sp³-hybridized carbons (Fsp3) is 0.118. The third-order valence-electron chi connectivity index (χ3n) is 3.63. The Morgan fingerprint density at radius 2 is 1.86 bits per heavy atom. The predicted octanol–water partition coefficient (Wildman–Crippen LogP) is 2.78. The topological polar surface area (TPSA) is 60.4 Å². The van der Waals surface area contributed by atoms with Crippen LogP contribution in [0.2, 0.25) is 0 Å². The number of esters is 1. The molecule has 3 rings (SSSR count). The Morgan fingerprint density at radius 3 is 2.50 bits per heavy atom. The second-order valence-corrected chi connectivity index (χ2v) is 6.11. The molecule has 0 saturated heterocycles. The number of hydrogen-bond donors (Lipinski definition) is 0. The molecule has 1 atom stereocenters. The van der Waals surface area contributed by atoms with Crippen LogP contribution < -0.4 is 0 Å². The van der Waals surface area contributed by atoms with Crippen molar-refractivity contribution in [3.63, 3.8) is 0 Å². The number of benzene rings is 1. The van der Waals surface area contributed by atoms with Crippen molar-refractivity contribution in [1.29, 1.82) is 0 Å². The summed E-state index contributed by atoms with van der Waals surface area (Å²) in [6.45, 7) is 1.36. The van der Waals surface area contributed by atoms with Gasteiger partial charge < -0.3 is 4.74 Å². The lowest BCUT2D eigenvalue weighted by Crippen LogP contribution is -2.37. The second kappa shape index (κ2) is 5.31. The molecule has 0 fully saturated rings. The van der Waals surface area contributed by atoms with Crippen molar-refractivity contribution in [3.8, 4) is 0 Å². The minimum absolute atomic E-state index is 0.180. The van der Waals surface area contributed by atoms with E-state index in [1.54, 1.807) is 0 Å². The molecule has 0 amide bonds. The molecule has 1 unspecified atom stereocenters. The maximum atomic E-state index is 12.1. The zero-order valence-electron chi connectivity index (χ0n) is 11.6. The van der Waals surface area contributed by atoms with Gasteiger partial charge in [0.05, 0.1) is 5.57 Å². The Kier molecular flexibility index (Phi) is 3.60. The number of ketones is 2. The van der Waals surface area contributed by atoms with Gasteiger partial charge in [-0.3, -0.25) is 9.59 Å². The predicted molar refractivity (Wildman–Crippen MR) is 89.1 cm³/mol. The number of carbonyl (C=O) groups is 3. The molecule has 2 aliphatic rings. The highest BCUT2D eigenvalue weighted by Crippen LogP contribution is 2.48. The van der Waals surface area contributed by atoms with Gasteiger partial charge >= 0.3 is 5.97 Å². The fourth-order valence-electron chi connectivity index (χ4n) is 2.71. The van der Waals surface area contributed by atoms with Gasteiger partial charge in [-0.15, -0.1) is 0 Å². The number of allylic oxidation sites excluding steroid dienone is 2. The number of ether oxygens (including phenoxy) is 1. The molecule has 1 aromatic carbocycles. The molecule has 22 heavy (non-hydrogen) atoms. The van der Waals surface area contributed by atoms with Crippen LogP contribution in [0.5, 0.6) is 0 Å². The molecule has 1 aliphatic carbocycles. The van der Waals surface area contributed by atoms with Crippen molar-refractivity contribution >= 4 is 45.7 Å². The van der Waals surface area contributed by atoms with Crippen LogP contribution in [-0.2, 0) is 19.1 Å². The van der Waals surface area contributed by atoms with Crippen molar-refractivity contribution in [3.05, 3.63) is 63.3 Å². The molecule has 1 spiro atoms. The van der Waals surface area contributed by atoms with Gasteiger partial charge in [0.2, 0.25) is 0 Å². The first-order chi connectivity index (χ1) is 10.5. The van der Waals surface area contributed by atoms with E-state index >= 15 is 0 Å². The average molecular weight is 406 g/mol. The molecule has 110 valence electrons. The number of carbonyl (C=O) groups excluding carboxylic acids is 3. The first kappa shape index (κ1) is 14.9. The lowest BCUT2D eigenvalue weighted by atomic mass is 9.78. The Hall–Kier alpha value is -2.02. The average Bonchev–Trinajstić information content (AvgIpc) is 2.74. The lowest BCUT2D eigenvalue weighted by molar-refractivity contribution is -0.141. The van der Waals surface area contributed by atoms with Crippen LogP contribution in [-0.4, -0.2) is 23.1 Å². The molecule has 0 radical (unpaired) electrons. The summed E-state index contributed by atoms with van der Waals surface area (Å²) in [6.07, 6.45) is 4.07. The summed E-state index contributed by atoms with van der Waals surface area (Å²) in [5, 5.41) is 0. The van der Waals surface area contributed by atoms with Crippen molar-refractivity contribution in [2.24, 2.45) is 0 Å². The highest BCUT2D eigenvalue weighted by Gasteiger charge is 2.51. The van der Waals surface area contributed by atoms with Crippen molar-refractivity contribution in [2.45, 2.75) is 12.5 Å². The van der Waals surface area contributed by atoms with Crippen LogP contribution in [0.1, 0.15) is 12.5 Å². The third-order valence-corrected chi connectivity index (χ3v) is 4.61. The normalized spacial score (nSPS) is 23.8. The first-order valence-corrected chi connectivity index (χ1v) is 7.69. The highest BCUT2D eigenvalue weighted by molar-refractivity contribution is 14.1. The summed E-state index contributed by atoms with van der Waals surface area (Å²) in [5.74, 6) is -1.09. The van der Waals surface area contributed by atoms with Gasteiger partial charge in [-0.05, 0) is 53.3 Å². The van der Waals surface area contributed by atoms with Crippen molar-refractivity contribution < 1.29 is 19.1 Å². The van der Waals surface area contributed by atoms with E-state index in [1.165, 1.54) is 25.2 Å². The van der Waals surface area contributed by atoms with Gasteiger partial charge in [0.15, 0.2) is 17.2 Å². The largest absolute Gasteiger partial charge is 0.441 e. The second-order valence-electron chi connectivity index (χ2n) is 5.03. The van der Waals surface area contributed by atoms with Crippen LogP contribution in [0.25, 0.3) is 5.57 Å². The Labute approximate surface area is 140 Å². The summed E-state index contributed by atoms with van der Waals surface area (Å²) in [6, 6.07) is 9.25. The van der Waals surface area contributed by atoms with Crippen LogP contribution in [0.4, 0.5) is 0 Å². The van der Waals surface area contributed by atoms with Crippen molar-refractivity contribution in [2.75, 3.05) is 0 Å². The smallest absolute Gasteiger partial charge is 0.346 e. The number of halogens is 1. The molecular weight excluding hydrogens is 395 g/mol. The van der Waals surface area contributed by atoms with Gasteiger partial charge in [0, 0.05) is 5.57 Å². The SMILES string of the molecule is CC(=O)C1=CC(=O)C=CC12OC(=O)C(I)=C2c1ccccc1.